The molecule has 0 fully saturated rings. The Kier molecular flexibility index (Phi) is 7.11. The number of ether oxygens (including phenoxy) is 1. The van der Waals surface area contributed by atoms with Crippen molar-refractivity contribution in [1.29, 1.82) is 0 Å². The monoisotopic (exact) mass is 295 g/mol. The summed E-state index contributed by atoms with van der Waals surface area (Å²) < 4.78 is 5.26. The topological polar surface area (TPSA) is 67.6 Å². The Bertz CT molecular complexity index is 461. The van der Waals surface area contributed by atoms with Crippen LogP contribution in [-0.2, 0) is 6.54 Å². The highest BCUT2D eigenvalue weighted by Gasteiger charge is 2.13. The van der Waals surface area contributed by atoms with Gasteiger partial charge in [0.2, 0.25) is 0 Å². The average molecular weight is 295 g/mol. The second kappa shape index (κ2) is 8.59. The van der Waals surface area contributed by atoms with Gasteiger partial charge in [0.15, 0.2) is 0 Å². The lowest BCUT2D eigenvalue weighted by molar-refractivity contribution is -0.384. The predicted molar refractivity (Wildman–Crippen MR) is 83.7 cm³/mol. The third kappa shape index (κ3) is 5.32. The lowest BCUT2D eigenvalue weighted by Gasteiger charge is -2.23. The van der Waals surface area contributed by atoms with E-state index in [2.05, 4.69) is 31.0 Å². The molecule has 1 atom stereocenters. The van der Waals surface area contributed by atoms with E-state index in [0.717, 1.165) is 25.2 Å². The van der Waals surface area contributed by atoms with Gasteiger partial charge in [0, 0.05) is 36.8 Å². The van der Waals surface area contributed by atoms with Gasteiger partial charge in [-0.15, -0.1) is 0 Å². The van der Waals surface area contributed by atoms with Gasteiger partial charge in [0.1, 0.15) is 5.75 Å². The molecule has 0 bridgehead atoms. The van der Waals surface area contributed by atoms with Gasteiger partial charge in [0.05, 0.1) is 12.0 Å². The average Bonchev–Trinajstić information content (AvgIpc) is 2.50. The van der Waals surface area contributed by atoms with Gasteiger partial charge in [-0.25, -0.2) is 0 Å². The highest BCUT2D eigenvalue weighted by Crippen LogP contribution is 2.23. The predicted octanol–water partition coefficient (Wildman–Crippen LogP) is 2.42. The van der Waals surface area contributed by atoms with E-state index in [1.807, 2.05) is 0 Å². The third-order valence-electron chi connectivity index (χ3n) is 3.54. The van der Waals surface area contributed by atoms with E-state index in [4.69, 9.17) is 4.74 Å². The first kappa shape index (κ1) is 17.4. The van der Waals surface area contributed by atoms with E-state index in [1.165, 1.54) is 6.07 Å². The molecule has 1 aromatic rings. The molecule has 0 aliphatic carbocycles. The van der Waals surface area contributed by atoms with Crippen LogP contribution in [0.2, 0.25) is 0 Å². The molecule has 0 saturated carbocycles. The van der Waals surface area contributed by atoms with Crippen molar-refractivity contribution in [3.63, 3.8) is 0 Å². The van der Waals surface area contributed by atoms with Crippen LogP contribution in [0.5, 0.6) is 5.75 Å². The number of benzene rings is 1. The molecule has 0 amide bonds. The van der Waals surface area contributed by atoms with Crippen LogP contribution in [0.3, 0.4) is 0 Å². The largest absolute Gasteiger partial charge is 0.496 e. The normalized spacial score (nSPS) is 12.4. The van der Waals surface area contributed by atoms with Crippen molar-refractivity contribution < 1.29 is 9.66 Å². The minimum absolute atomic E-state index is 0.0870. The van der Waals surface area contributed by atoms with Crippen LogP contribution in [0.1, 0.15) is 26.3 Å². The van der Waals surface area contributed by atoms with Gasteiger partial charge in [-0.3, -0.25) is 10.1 Å². The van der Waals surface area contributed by atoms with Crippen molar-refractivity contribution in [2.75, 3.05) is 26.7 Å². The zero-order valence-corrected chi connectivity index (χ0v) is 13.3. The van der Waals surface area contributed by atoms with Crippen LogP contribution in [0, 0.1) is 10.1 Å². The number of hydrogen-bond acceptors (Lipinski definition) is 5. The minimum atomic E-state index is -0.387. The molecule has 6 heteroatoms. The fraction of sp³-hybridized carbons (Fsp3) is 0.600. The molecule has 1 N–H and O–H groups in total. The fourth-order valence-corrected chi connectivity index (χ4v) is 2.23. The van der Waals surface area contributed by atoms with Crippen LogP contribution in [-0.4, -0.2) is 42.6 Å². The quantitative estimate of drug-likeness (QED) is 0.560. The molecular formula is C15H25N3O3. The zero-order valence-electron chi connectivity index (χ0n) is 13.3. The fourth-order valence-electron chi connectivity index (χ4n) is 2.23. The summed E-state index contributed by atoms with van der Waals surface area (Å²) in [5.74, 6) is 0.670. The molecule has 6 nitrogen and oxygen atoms in total. The summed E-state index contributed by atoms with van der Waals surface area (Å²) >= 11 is 0. The molecule has 21 heavy (non-hydrogen) atoms. The summed E-state index contributed by atoms with van der Waals surface area (Å²) in [6.07, 6.45) is 0. The molecule has 0 heterocycles. The maximum absolute atomic E-state index is 10.9. The van der Waals surface area contributed by atoms with Crippen molar-refractivity contribution in [1.82, 2.24) is 10.2 Å². The number of non-ortho nitro benzene ring substituents is 1. The minimum Gasteiger partial charge on any atom is -0.496 e. The summed E-state index contributed by atoms with van der Waals surface area (Å²) in [6.45, 7) is 9.92. The summed E-state index contributed by atoms with van der Waals surface area (Å²) in [5, 5.41) is 14.2. The van der Waals surface area contributed by atoms with Gasteiger partial charge < -0.3 is 15.0 Å². The maximum atomic E-state index is 10.9. The van der Waals surface area contributed by atoms with E-state index < -0.39 is 0 Å². The highest BCUT2D eigenvalue weighted by atomic mass is 16.6. The Hall–Kier alpha value is -1.66. The Morgan fingerprint density at radius 1 is 1.38 bits per heavy atom. The highest BCUT2D eigenvalue weighted by molar-refractivity contribution is 5.43. The van der Waals surface area contributed by atoms with Crippen molar-refractivity contribution in [3.05, 3.63) is 33.9 Å². The van der Waals surface area contributed by atoms with Crippen LogP contribution in [0.25, 0.3) is 0 Å². The molecule has 0 aliphatic heterocycles. The van der Waals surface area contributed by atoms with Gasteiger partial charge >= 0.3 is 0 Å². The first-order valence-corrected chi connectivity index (χ1v) is 7.28. The second-order valence-corrected chi connectivity index (χ2v) is 5.02. The molecule has 0 aromatic heterocycles. The van der Waals surface area contributed by atoms with E-state index in [0.29, 0.717) is 18.3 Å². The maximum Gasteiger partial charge on any atom is 0.270 e. The lowest BCUT2D eigenvalue weighted by Crippen LogP contribution is -2.38. The molecule has 0 radical (unpaired) electrons. The number of likely N-dealkylation sites (N-methyl/N-ethyl adjacent to an activating group) is 1. The smallest absolute Gasteiger partial charge is 0.270 e. The Morgan fingerprint density at radius 3 is 2.57 bits per heavy atom. The Labute approximate surface area is 126 Å². The molecule has 0 saturated heterocycles. The Balaban J connectivity index is 2.68. The molecule has 1 rings (SSSR count). The summed E-state index contributed by atoms with van der Waals surface area (Å²) in [4.78, 5) is 12.8. The number of nitrogens with zero attached hydrogens (tertiary/aromatic N) is 2. The number of nitrogens with one attached hydrogen (secondary N) is 1. The third-order valence-corrected chi connectivity index (χ3v) is 3.54. The number of nitro benzene ring substituents is 1. The van der Waals surface area contributed by atoms with E-state index in [-0.39, 0.29) is 10.6 Å². The number of methoxy groups -OCH3 is 1. The van der Waals surface area contributed by atoms with Gasteiger partial charge in [0.25, 0.3) is 5.69 Å². The van der Waals surface area contributed by atoms with Gasteiger partial charge in [-0.05, 0) is 26.1 Å². The van der Waals surface area contributed by atoms with Crippen LogP contribution in [0.15, 0.2) is 18.2 Å². The standard InChI is InChI=1S/C15H25N3O3/c1-5-17(6-2)11-12(3)16-10-13-9-14(18(19)20)7-8-15(13)21-4/h7-9,12,16H,5-6,10-11H2,1-4H3. The van der Waals surface area contributed by atoms with Crippen LogP contribution < -0.4 is 10.1 Å². The molecule has 0 spiro atoms. The molecule has 118 valence electrons. The van der Waals surface area contributed by atoms with E-state index in [9.17, 15) is 10.1 Å². The number of hydrogen-bond donors (Lipinski definition) is 1. The molecule has 1 aromatic carbocycles. The lowest BCUT2D eigenvalue weighted by atomic mass is 10.1. The number of nitro groups is 1. The first-order chi connectivity index (χ1) is 10.0. The number of rotatable bonds is 9. The van der Waals surface area contributed by atoms with Crippen LogP contribution >= 0.6 is 0 Å². The summed E-state index contributed by atoms with van der Waals surface area (Å²) in [5.41, 5.74) is 0.891. The zero-order chi connectivity index (χ0) is 15.8. The van der Waals surface area contributed by atoms with E-state index >= 15 is 0 Å². The van der Waals surface area contributed by atoms with Crippen molar-refractivity contribution in [2.45, 2.75) is 33.4 Å². The SMILES string of the molecule is CCN(CC)CC(C)NCc1cc([N+](=O)[O-])ccc1OC. The van der Waals surface area contributed by atoms with Gasteiger partial charge in [-0.2, -0.15) is 0 Å². The summed E-state index contributed by atoms with van der Waals surface area (Å²) in [6, 6.07) is 4.97. The molecule has 0 aliphatic rings. The molecule has 1 unspecified atom stereocenters. The Morgan fingerprint density at radius 2 is 2.05 bits per heavy atom. The van der Waals surface area contributed by atoms with Gasteiger partial charge in [-0.1, -0.05) is 13.8 Å². The first-order valence-electron chi connectivity index (χ1n) is 7.28. The van der Waals surface area contributed by atoms with Crippen LogP contribution in [0.4, 0.5) is 5.69 Å². The second-order valence-electron chi connectivity index (χ2n) is 5.02. The van der Waals surface area contributed by atoms with E-state index in [1.54, 1.807) is 19.2 Å². The van der Waals surface area contributed by atoms with Crippen molar-refractivity contribution in [3.8, 4) is 5.75 Å². The van der Waals surface area contributed by atoms with Crippen molar-refractivity contribution in [2.24, 2.45) is 0 Å². The molecular weight excluding hydrogens is 270 g/mol. The van der Waals surface area contributed by atoms with Crippen molar-refractivity contribution >= 4 is 5.69 Å². The summed E-state index contributed by atoms with van der Waals surface area (Å²) in [7, 11) is 1.57.